The van der Waals surface area contributed by atoms with Gasteiger partial charge < -0.3 is 15.4 Å². The first-order valence-corrected chi connectivity index (χ1v) is 9.57. The highest BCUT2D eigenvalue weighted by Gasteiger charge is 2.32. The molecule has 164 valence electrons. The number of aromatic nitrogens is 3. The maximum atomic E-state index is 15.5. The summed E-state index contributed by atoms with van der Waals surface area (Å²) >= 11 is 0. The first-order chi connectivity index (χ1) is 15.3. The van der Waals surface area contributed by atoms with Gasteiger partial charge in [0.05, 0.1) is 24.6 Å². The largest absolute Gasteiger partial charge is 0.479 e. The van der Waals surface area contributed by atoms with Crippen LogP contribution in [0.3, 0.4) is 0 Å². The van der Waals surface area contributed by atoms with E-state index in [-0.39, 0.29) is 41.1 Å². The Balaban J connectivity index is 1.89. The predicted octanol–water partition coefficient (Wildman–Crippen LogP) is 2.41. The number of nitrogens with zero attached hydrogens (tertiary/aromatic N) is 5. The molecule has 2 aromatic heterocycles. The molecular weight excluding hydrogens is 425 g/mol. The molecule has 0 spiro atoms. The van der Waals surface area contributed by atoms with Gasteiger partial charge in [0.1, 0.15) is 17.7 Å². The van der Waals surface area contributed by atoms with Gasteiger partial charge in [-0.15, -0.1) is 0 Å². The summed E-state index contributed by atoms with van der Waals surface area (Å²) in [6.07, 6.45) is 1.70. The molecule has 0 unspecified atom stereocenters. The summed E-state index contributed by atoms with van der Waals surface area (Å²) in [4.78, 5) is 22.2. The van der Waals surface area contributed by atoms with Gasteiger partial charge in [0.25, 0.3) is 5.91 Å². The van der Waals surface area contributed by atoms with Gasteiger partial charge >= 0.3 is 0 Å². The number of pyridine rings is 1. The number of nitriles is 1. The average Bonchev–Trinajstić information content (AvgIpc) is 3.36. The van der Waals surface area contributed by atoms with E-state index in [1.54, 1.807) is 6.07 Å². The number of carbonyl (C=O) groups excluding carboxylic acids is 1. The van der Waals surface area contributed by atoms with Crippen LogP contribution >= 0.6 is 0 Å². The zero-order valence-corrected chi connectivity index (χ0v) is 16.8. The summed E-state index contributed by atoms with van der Waals surface area (Å²) in [5.41, 5.74) is 5.09. The van der Waals surface area contributed by atoms with E-state index >= 15 is 4.39 Å². The van der Waals surface area contributed by atoms with Gasteiger partial charge in [-0.05, 0) is 24.6 Å². The van der Waals surface area contributed by atoms with Gasteiger partial charge in [0, 0.05) is 30.8 Å². The minimum atomic E-state index is -1.07. The van der Waals surface area contributed by atoms with Crippen LogP contribution in [0.1, 0.15) is 22.5 Å². The van der Waals surface area contributed by atoms with Crippen molar-refractivity contribution in [2.45, 2.75) is 12.5 Å². The van der Waals surface area contributed by atoms with E-state index in [1.807, 2.05) is 0 Å². The zero-order chi connectivity index (χ0) is 23.0. The number of benzene rings is 1. The SMILES string of the molecule is COc1ncc(-n2c(-c3ccc(C#N)c(F)c3)nc(C(=O)N3CC[C@H](N)C3)c2F)cc1F. The van der Waals surface area contributed by atoms with E-state index in [0.29, 0.717) is 13.0 Å². The van der Waals surface area contributed by atoms with E-state index in [9.17, 15) is 13.6 Å². The maximum Gasteiger partial charge on any atom is 0.277 e. The number of imidazole rings is 1. The standard InChI is InChI=1S/C21H17F3N6O2/c1-32-20-16(23)7-14(9-27-20)30-18(24)17(21(31)29-5-4-13(26)10-29)28-19(30)11-2-3-12(8-25)15(22)6-11/h2-3,6-7,9,13H,4-5,10,26H2,1H3/t13-/m0/s1. The van der Waals surface area contributed by atoms with E-state index < -0.39 is 29.2 Å². The van der Waals surface area contributed by atoms with Gasteiger partial charge in [-0.1, -0.05) is 0 Å². The summed E-state index contributed by atoms with van der Waals surface area (Å²) in [5.74, 6) is -3.94. The van der Waals surface area contributed by atoms with Gasteiger partial charge in [-0.2, -0.15) is 9.65 Å². The van der Waals surface area contributed by atoms with Crippen molar-refractivity contribution in [1.82, 2.24) is 19.4 Å². The van der Waals surface area contributed by atoms with Crippen LogP contribution in [0, 0.1) is 28.9 Å². The average molecular weight is 442 g/mol. The smallest absolute Gasteiger partial charge is 0.277 e. The molecule has 1 saturated heterocycles. The predicted molar refractivity (Wildman–Crippen MR) is 106 cm³/mol. The molecule has 1 atom stereocenters. The van der Waals surface area contributed by atoms with Gasteiger partial charge in [0.15, 0.2) is 11.5 Å². The van der Waals surface area contributed by atoms with Crippen molar-refractivity contribution >= 4 is 5.91 Å². The second-order valence-corrected chi connectivity index (χ2v) is 7.20. The Bertz CT molecular complexity index is 1250. The van der Waals surface area contributed by atoms with Gasteiger partial charge in [0.2, 0.25) is 11.8 Å². The Morgan fingerprint density at radius 1 is 1.28 bits per heavy atom. The second kappa shape index (κ2) is 8.32. The first-order valence-electron chi connectivity index (χ1n) is 9.57. The van der Waals surface area contributed by atoms with Crippen molar-refractivity contribution in [3.63, 3.8) is 0 Å². The molecule has 3 heterocycles. The monoisotopic (exact) mass is 442 g/mol. The van der Waals surface area contributed by atoms with Crippen LogP contribution in [0.5, 0.6) is 5.88 Å². The molecule has 0 bridgehead atoms. The van der Waals surface area contributed by atoms with Crippen molar-refractivity contribution < 1.29 is 22.7 Å². The number of ether oxygens (including phenoxy) is 1. The molecule has 0 saturated carbocycles. The molecule has 3 aromatic rings. The molecular formula is C21H17F3N6O2. The molecule has 1 aliphatic heterocycles. The Hall–Kier alpha value is -3.91. The Morgan fingerprint density at radius 2 is 2.06 bits per heavy atom. The van der Waals surface area contributed by atoms with Crippen LogP contribution in [0.4, 0.5) is 13.2 Å². The Kier molecular flexibility index (Phi) is 5.54. The molecule has 32 heavy (non-hydrogen) atoms. The molecule has 2 N–H and O–H groups in total. The summed E-state index contributed by atoms with van der Waals surface area (Å²) in [6.45, 7) is 0.580. The Morgan fingerprint density at radius 3 is 2.66 bits per heavy atom. The van der Waals surface area contributed by atoms with E-state index in [2.05, 4.69) is 9.97 Å². The third-order valence-corrected chi connectivity index (χ3v) is 5.13. The fraction of sp³-hybridized carbons (Fsp3) is 0.238. The fourth-order valence-corrected chi connectivity index (χ4v) is 3.52. The summed E-state index contributed by atoms with van der Waals surface area (Å²) in [6, 6.07) is 5.98. The molecule has 11 heteroatoms. The molecule has 8 nitrogen and oxygen atoms in total. The molecule has 0 radical (unpaired) electrons. The number of methoxy groups -OCH3 is 1. The highest BCUT2D eigenvalue weighted by molar-refractivity contribution is 5.93. The van der Waals surface area contributed by atoms with E-state index in [0.717, 1.165) is 22.9 Å². The van der Waals surface area contributed by atoms with Crippen molar-refractivity contribution in [1.29, 1.82) is 5.26 Å². The fourth-order valence-electron chi connectivity index (χ4n) is 3.52. The van der Waals surface area contributed by atoms with Crippen molar-refractivity contribution in [2.24, 2.45) is 5.73 Å². The maximum absolute atomic E-state index is 15.5. The lowest BCUT2D eigenvalue weighted by Gasteiger charge is -2.14. The zero-order valence-electron chi connectivity index (χ0n) is 16.8. The van der Waals surface area contributed by atoms with Crippen molar-refractivity contribution in [3.8, 4) is 29.0 Å². The quantitative estimate of drug-likeness (QED) is 0.665. The number of hydrogen-bond acceptors (Lipinski definition) is 6. The normalized spacial score (nSPS) is 15.6. The number of halogens is 3. The Labute approximate surface area is 180 Å². The lowest BCUT2D eigenvalue weighted by atomic mass is 10.1. The van der Waals surface area contributed by atoms with E-state index in [4.69, 9.17) is 15.7 Å². The van der Waals surface area contributed by atoms with Gasteiger partial charge in [-0.25, -0.2) is 18.7 Å². The summed E-state index contributed by atoms with van der Waals surface area (Å²) in [5, 5.41) is 8.96. The van der Waals surface area contributed by atoms with Crippen LogP contribution in [0.25, 0.3) is 17.1 Å². The second-order valence-electron chi connectivity index (χ2n) is 7.20. The molecule has 1 fully saturated rings. The number of nitrogens with two attached hydrogens (primary N) is 1. The lowest BCUT2D eigenvalue weighted by Crippen LogP contribution is -2.32. The van der Waals surface area contributed by atoms with Crippen LogP contribution in [-0.2, 0) is 0 Å². The topological polar surface area (TPSA) is 110 Å². The van der Waals surface area contributed by atoms with Crippen LogP contribution < -0.4 is 10.5 Å². The van der Waals surface area contributed by atoms with Crippen molar-refractivity contribution in [3.05, 3.63) is 59.3 Å². The molecule has 4 rings (SSSR count). The van der Waals surface area contributed by atoms with Crippen molar-refractivity contribution in [2.75, 3.05) is 20.2 Å². The number of amides is 1. The number of hydrogen-bond donors (Lipinski definition) is 1. The van der Waals surface area contributed by atoms with Crippen LogP contribution in [0.15, 0.2) is 30.5 Å². The first kappa shape index (κ1) is 21.3. The highest BCUT2D eigenvalue weighted by Crippen LogP contribution is 2.29. The highest BCUT2D eigenvalue weighted by atomic mass is 19.1. The number of carbonyl (C=O) groups is 1. The number of rotatable bonds is 4. The number of likely N-dealkylation sites (tertiary alicyclic amines) is 1. The van der Waals surface area contributed by atoms with Crippen LogP contribution in [-0.4, -0.2) is 51.6 Å². The van der Waals surface area contributed by atoms with Gasteiger partial charge in [-0.3, -0.25) is 9.36 Å². The third-order valence-electron chi connectivity index (χ3n) is 5.13. The molecule has 1 amide bonds. The minimum Gasteiger partial charge on any atom is -0.479 e. The summed E-state index contributed by atoms with van der Waals surface area (Å²) < 4.78 is 49.7. The third kappa shape index (κ3) is 3.65. The summed E-state index contributed by atoms with van der Waals surface area (Å²) in [7, 11) is 1.23. The van der Waals surface area contributed by atoms with E-state index in [1.165, 1.54) is 24.1 Å². The molecule has 1 aliphatic rings. The lowest BCUT2D eigenvalue weighted by molar-refractivity contribution is 0.0780. The molecule has 1 aromatic carbocycles. The minimum absolute atomic E-state index is 0.0776. The van der Waals surface area contributed by atoms with Crippen LogP contribution in [0.2, 0.25) is 0 Å². The molecule has 0 aliphatic carbocycles.